The summed E-state index contributed by atoms with van der Waals surface area (Å²) in [5.41, 5.74) is 7.38. The number of aliphatic hydroxyl groups excluding tert-OH is 1. The minimum absolute atomic E-state index is 0.0359. The van der Waals surface area contributed by atoms with E-state index >= 15 is 0 Å². The molecule has 6 aromatic heterocycles. The number of nitrogens with one attached hydrogen (secondary N) is 4. The molecule has 4 bridgehead atoms. The number of pyridine rings is 2. The van der Waals surface area contributed by atoms with Crippen molar-refractivity contribution in [1.82, 2.24) is 65.1 Å². The highest BCUT2D eigenvalue weighted by Gasteiger charge is 2.51. The number of nitrogens with zero attached hydrogens (tertiary/aromatic N) is 11. The van der Waals surface area contributed by atoms with Crippen LogP contribution in [-0.2, 0) is 31.0 Å². The number of aromatic nitrogens is 8. The molecule has 5 aliphatic rings. The van der Waals surface area contributed by atoms with Gasteiger partial charge < -0.3 is 30.9 Å². The van der Waals surface area contributed by atoms with Gasteiger partial charge in [0, 0.05) is 49.6 Å². The van der Waals surface area contributed by atoms with E-state index < -0.39 is 69.0 Å². The molecule has 5 N–H and O–H groups in total. The third-order valence-corrected chi connectivity index (χ3v) is 21.1. The monoisotopic (exact) mass is 1240 g/mol. The Bertz CT molecular complexity index is 3770. The lowest BCUT2D eigenvalue weighted by molar-refractivity contribution is -0.144. The number of likely N-dealkylation sites (tertiary alicyclic amines) is 1. The molecule has 7 aromatic rings. The molecule has 4 atom stereocenters. The lowest BCUT2D eigenvalue weighted by Gasteiger charge is -2.56. The molecule has 1 aliphatic heterocycles. The van der Waals surface area contributed by atoms with E-state index in [2.05, 4.69) is 50.5 Å². The molecular weight excluding hydrogens is 1160 g/mol. The molecule has 7 heterocycles. The van der Waals surface area contributed by atoms with E-state index in [1.165, 1.54) is 54.8 Å². The van der Waals surface area contributed by atoms with Crippen LogP contribution in [0.25, 0.3) is 31.9 Å². The number of fused-ring (bicyclic) bond motifs is 1. The smallest absolute Gasteiger partial charge is 0.284 e. The van der Waals surface area contributed by atoms with Gasteiger partial charge in [-0.15, -0.1) is 21.5 Å². The highest BCUT2D eigenvalue weighted by Crippen LogP contribution is 2.60. The van der Waals surface area contributed by atoms with Gasteiger partial charge in [-0.05, 0) is 162 Å². The normalized spacial score (nSPS) is 21.5. The Labute approximate surface area is 515 Å². The molecule has 460 valence electrons. The SMILES string of the molecule is Cc1cc(N(C)c2ccc(-c3cnn(CC45CC6CC(CC(C6)C4)C5)c3C)c(C(=O)NS(=O)(=O)CCCN(C)CC(=O)N[C@H](C(=O)N3C[C@H](O)C[C@H]3C(=O)N[C@@H](C)c3ccc(-c4scnc4C)cc3)C(C)(C)C)n2)nnc1Nc1nc2cccnc2s1. The van der Waals surface area contributed by atoms with E-state index in [1.54, 1.807) is 65.3 Å². The van der Waals surface area contributed by atoms with Crippen LogP contribution in [0.2, 0.25) is 0 Å². The zero-order valence-electron chi connectivity index (χ0n) is 50.7. The standard InChI is InChI=1S/C62H77N15O7S3/c1-35-22-50(71-72-55(35)70-60-67-47-12-10-19-63-58(47)86-60)75(9)49-18-17-45(46-30-65-77(38(46)4)33-62-27-39-23-40(28-62)25-41(24-39)29-62)52(68-49)57(81)73-87(83,84)21-11-20-74(8)32-51(79)69-54(61(5,6)7)59(82)76-31-44(78)26-48(76)56(80)66-36(2)42-13-15-43(16-14-42)53-37(3)64-34-85-53/h10,12-19,22,30,34,36,39-41,44,48,54,78H,11,20-21,23-29,31-33H2,1-9H3,(H,66,80)(H,69,79)(H,73,81)(H,67,70,72)/t36-,39?,40?,41?,44+,48-,54+,62?/m0/s1. The molecular formula is C62H77N15O7S3. The Kier molecular flexibility index (Phi) is 17.4. The summed E-state index contributed by atoms with van der Waals surface area (Å²) in [5.74, 6) is 0.737. The number of rotatable bonds is 21. The number of benzene rings is 1. The molecule has 1 aromatic carbocycles. The number of aryl methyl sites for hydroxylation is 2. The molecule has 4 aliphatic carbocycles. The van der Waals surface area contributed by atoms with Gasteiger partial charge in [0.1, 0.15) is 33.9 Å². The molecule has 25 heteroatoms. The van der Waals surface area contributed by atoms with Gasteiger partial charge in [-0.25, -0.2) is 33.1 Å². The minimum atomic E-state index is -4.27. The van der Waals surface area contributed by atoms with E-state index in [0.717, 1.165) is 67.6 Å². The van der Waals surface area contributed by atoms with Gasteiger partial charge in [-0.2, -0.15) is 5.10 Å². The van der Waals surface area contributed by atoms with Crippen molar-refractivity contribution in [2.75, 3.05) is 49.7 Å². The molecule has 4 amide bonds. The number of carbonyl (C=O) groups excluding carboxylic acids is 4. The first-order valence-corrected chi connectivity index (χ1v) is 33.2. The van der Waals surface area contributed by atoms with Gasteiger partial charge in [0.05, 0.1) is 46.7 Å². The predicted octanol–water partition coefficient (Wildman–Crippen LogP) is 8.27. The van der Waals surface area contributed by atoms with Gasteiger partial charge in [0.2, 0.25) is 27.7 Å². The lowest BCUT2D eigenvalue weighted by atomic mass is 9.49. The van der Waals surface area contributed by atoms with E-state index in [4.69, 9.17) is 10.1 Å². The molecule has 87 heavy (non-hydrogen) atoms. The third kappa shape index (κ3) is 13.6. The maximum atomic E-state index is 14.6. The van der Waals surface area contributed by atoms with Gasteiger partial charge in [-0.1, -0.05) is 56.4 Å². The summed E-state index contributed by atoms with van der Waals surface area (Å²) in [6.07, 6.45) is 10.2. The largest absolute Gasteiger partial charge is 0.391 e. The van der Waals surface area contributed by atoms with Crippen LogP contribution in [0, 0.1) is 49.4 Å². The molecule has 0 spiro atoms. The van der Waals surface area contributed by atoms with Crippen LogP contribution in [0.4, 0.5) is 22.6 Å². The van der Waals surface area contributed by atoms with Gasteiger partial charge in [0.15, 0.2) is 16.8 Å². The van der Waals surface area contributed by atoms with Crippen molar-refractivity contribution < 1.29 is 32.7 Å². The second-order valence-electron chi connectivity index (χ2n) is 25.8. The van der Waals surface area contributed by atoms with Crippen LogP contribution >= 0.6 is 22.7 Å². The zero-order chi connectivity index (χ0) is 61.7. The number of hydrogen-bond donors (Lipinski definition) is 5. The summed E-state index contributed by atoms with van der Waals surface area (Å²) in [5, 5.41) is 34.4. The van der Waals surface area contributed by atoms with Crippen molar-refractivity contribution in [3.8, 4) is 21.6 Å². The predicted molar refractivity (Wildman–Crippen MR) is 336 cm³/mol. The maximum Gasteiger partial charge on any atom is 0.284 e. The van der Waals surface area contributed by atoms with Crippen LogP contribution in [0.3, 0.4) is 0 Å². The molecule has 5 fully saturated rings. The average Bonchev–Trinajstić information content (AvgIpc) is 1.69. The van der Waals surface area contributed by atoms with Crippen LogP contribution in [-0.4, -0.2) is 145 Å². The number of hydrogen-bond acceptors (Lipinski definition) is 19. The maximum absolute atomic E-state index is 14.6. The molecule has 0 unspecified atom stereocenters. The summed E-state index contributed by atoms with van der Waals surface area (Å²) in [6, 6.07) is 14.5. The Balaban J connectivity index is 0.737. The fourth-order valence-corrected chi connectivity index (χ4v) is 16.4. The number of aliphatic hydroxyl groups is 1. The summed E-state index contributed by atoms with van der Waals surface area (Å²) in [7, 11) is -0.872. The number of sulfonamides is 1. The van der Waals surface area contributed by atoms with Crippen LogP contribution in [0.1, 0.15) is 118 Å². The average molecular weight is 1240 g/mol. The minimum Gasteiger partial charge on any atom is -0.391 e. The molecule has 4 saturated carbocycles. The first kappa shape index (κ1) is 61.3. The van der Waals surface area contributed by atoms with Gasteiger partial charge in [-0.3, -0.25) is 28.8 Å². The van der Waals surface area contributed by atoms with Crippen molar-refractivity contribution >= 4 is 89.3 Å². The second-order valence-corrected chi connectivity index (χ2v) is 29.4. The molecule has 12 rings (SSSR count). The Morgan fingerprint density at radius 2 is 1.61 bits per heavy atom. The van der Waals surface area contributed by atoms with Crippen molar-refractivity contribution in [3.63, 3.8) is 0 Å². The van der Waals surface area contributed by atoms with E-state index in [1.807, 2.05) is 90.9 Å². The van der Waals surface area contributed by atoms with Crippen molar-refractivity contribution in [2.45, 2.75) is 131 Å². The van der Waals surface area contributed by atoms with Crippen LogP contribution < -0.4 is 25.6 Å². The highest BCUT2D eigenvalue weighted by molar-refractivity contribution is 7.90. The van der Waals surface area contributed by atoms with Gasteiger partial charge >= 0.3 is 0 Å². The quantitative estimate of drug-likeness (QED) is 0.0453. The summed E-state index contributed by atoms with van der Waals surface area (Å²) in [6.45, 7) is 13.8. The molecule has 22 nitrogen and oxygen atoms in total. The van der Waals surface area contributed by atoms with Crippen molar-refractivity contribution in [1.29, 1.82) is 0 Å². The van der Waals surface area contributed by atoms with Crippen molar-refractivity contribution in [2.24, 2.45) is 28.6 Å². The summed E-state index contributed by atoms with van der Waals surface area (Å²) >= 11 is 2.95. The number of anilines is 4. The number of carbonyl (C=O) groups is 4. The number of thiazole rings is 2. The number of likely N-dealkylation sites (N-methyl/N-ethyl adjacent to an activating group) is 1. The summed E-state index contributed by atoms with van der Waals surface area (Å²) < 4.78 is 32.2. The molecule has 0 radical (unpaired) electrons. The third-order valence-electron chi connectivity index (χ3n) is 17.9. The van der Waals surface area contributed by atoms with E-state index in [0.29, 0.717) is 33.7 Å². The number of amides is 4. The first-order valence-electron chi connectivity index (χ1n) is 29.8. The first-order chi connectivity index (χ1) is 41.4. The summed E-state index contributed by atoms with van der Waals surface area (Å²) in [4.78, 5) is 81.3. The fourth-order valence-electron chi connectivity index (χ4n) is 13.8. The molecule has 1 saturated heterocycles. The van der Waals surface area contributed by atoms with Crippen molar-refractivity contribution in [3.05, 3.63) is 101 Å². The Morgan fingerprint density at radius 1 is 0.885 bits per heavy atom. The zero-order valence-corrected chi connectivity index (χ0v) is 53.2. The van der Waals surface area contributed by atoms with Crippen LogP contribution in [0.5, 0.6) is 0 Å². The van der Waals surface area contributed by atoms with E-state index in [9.17, 15) is 32.7 Å². The number of β-amino-alcohol motifs (C(OH)–C–C–N with tert-alkyl or cyclic N) is 1. The second kappa shape index (κ2) is 24.7. The fraction of sp³-hybridized carbons (Fsp3) is 0.500. The highest BCUT2D eigenvalue weighted by atomic mass is 32.2. The lowest BCUT2D eigenvalue weighted by Crippen LogP contribution is -2.58. The van der Waals surface area contributed by atoms with E-state index in [-0.39, 0.29) is 43.6 Å². The Hall–Kier alpha value is -7.32. The topological polar surface area (TPSA) is 276 Å². The Morgan fingerprint density at radius 3 is 2.28 bits per heavy atom. The van der Waals surface area contributed by atoms with Gasteiger partial charge in [0.25, 0.3) is 5.91 Å². The van der Waals surface area contributed by atoms with Crippen LogP contribution in [0.15, 0.2) is 72.5 Å².